The highest BCUT2D eigenvalue weighted by atomic mass is 32.2. The third kappa shape index (κ3) is 3.98. The van der Waals surface area contributed by atoms with E-state index in [0.29, 0.717) is 11.3 Å². The predicted octanol–water partition coefficient (Wildman–Crippen LogP) is 3.09. The average Bonchev–Trinajstić information content (AvgIpc) is 2.97. The molecular formula is C23H22N2O5S. The van der Waals surface area contributed by atoms with Gasteiger partial charge in [-0.15, -0.1) is 0 Å². The highest BCUT2D eigenvalue weighted by Gasteiger charge is 2.48. The summed E-state index contributed by atoms with van der Waals surface area (Å²) < 4.78 is 29.1. The molecule has 3 aromatic carbocycles. The van der Waals surface area contributed by atoms with Crippen LogP contribution in [0.1, 0.15) is 12.5 Å². The Morgan fingerprint density at radius 3 is 2.32 bits per heavy atom. The molecule has 1 unspecified atom stereocenters. The second kappa shape index (κ2) is 7.70. The Hall–Kier alpha value is -3.39. The van der Waals surface area contributed by atoms with Gasteiger partial charge in [-0.05, 0) is 47.5 Å². The SMILES string of the molecule is CC1(c2ccc(S(C)(=O)=O)cc2)NC(=O)N(CCOc2ccc3ccccc3c2)C1=O. The fourth-order valence-corrected chi connectivity index (χ4v) is 4.27. The van der Waals surface area contributed by atoms with Crippen molar-refractivity contribution in [1.82, 2.24) is 10.2 Å². The summed E-state index contributed by atoms with van der Waals surface area (Å²) in [7, 11) is -3.35. The quantitative estimate of drug-likeness (QED) is 0.597. The first-order valence-corrected chi connectivity index (χ1v) is 11.6. The van der Waals surface area contributed by atoms with Gasteiger partial charge in [0.25, 0.3) is 5.91 Å². The fraction of sp³-hybridized carbons (Fsp3) is 0.217. The average molecular weight is 439 g/mol. The molecule has 1 N–H and O–H groups in total. The van der Waals surface area contributed by atoms with Crippen molar-refractivity contribution in [3.05, 3.63) is 72.3 Å². The van der Waals surface area contributed by atoms with E-state index >= 15 is 0 Å². The molecule has 0 saturated carbocycles. The minimum atomic E-state index is -3.35. The van der Waals surface area contributed by atoms with Gasteiger partial charge in [0.1, 0.15) is 17.9 Å². The number of ether oxygens (including phenoxy) is 1. The molecule has 0 bridgehead atoms. The molecule has 0 aliphatic carbocycles. The molecule has 7 nitrogen and oxygen atoms in total. The first-order valence-electron chi connectivity index (χ1n) is 9.75. The number of sulfone groups is 1. The first-order chi connectivity index (χ1) is 14.7. The molecule has 1 heterocycles. The summed E-state index contributed by atoms with van der Waals surface area (Å²) in [6.07, 6.45) is 1.11. The molecule has 1 fully saturated rings. The Labute approximate surface area is 180 Å². The van der Waals surface area contributed by atoms with Crippen molar-refractivity contribution in [1.29, 1.82) is 0 Å². The minimum Gasteiger partial charge on any atom is -0.492 e. The smallest absolute Gasteiger partial charge is 0.325 e. The molecule has 3 amide bonds. The van der Waals surface area contributed by atoms with Crippen molar-refractivity contribution in [2.45, 2.75) is 17.4 Å². The van der Waals surface area contributed by atoms with E-state index in [-0.39, 0.29) is 18.0 Å². The zero-order chi connectivity index (χ0) is 22.2. The number of nitrogens with zero attached hydrogens (tertiary/aromatic N) is 1. The number of hydrogen-bond donors (Lipinski definition) is 1. The normalized spacial score (nSPS) is 19.0. The van der Waals surface area contributed by atoms with E-state index in [0.717, 1.165) is 21.9 Å². The van der Waals surface area contributed by atoms with Gasteiger partial charge in [0.2, 0.25) is 0 Å². The summed E-state index contributed by atoms with van der Waals surface area (Å²) in [5, 5.41) is 4.85. The molecule has 8 heteroatoms. The maximum atomic E-state index is 13.0. The molecule has 1 aliphatic heterocycles. The number of carbonyl (C=O) groups excluding carboxylic acids is 2. The van der Waals surface area contributed by atoms with Crippen LogP contribution in [0, 0.1) is 0 Å². The maximum absolute atomic E-state index is 13.0. The summed E-state index contributed by atoms with van der Waals surface area (Å²) in [5.74, 6) is 0.247. The van der Waals surface area contributed by atoms with E-state index in [1.54, 1.807) is 19.1 Å². The van der Waals surface area contributed by atoms with Crippen LogP contribution in [0.5, 0.6) is 5.75 Å². The number of benzene rings is 3. The lowest BCUT2D eigenvalue weighted by Crippen LogP contribution is -2.41. The number of hydrogen-bond acceptors (Lipinski definition) is 5. The molecule has 31 heavy (non-hydrogen) atoms. The molecular weight excluding hydrogens is 416 g/mol. The summed E-state index contributed by atoms with van der Waals surface area (Å²) in [6.45, 7) is 1.85. The minimum absolute atomic E-state index is 0.0918. The third-order valence-corrected chi connectivity index (χ3v) is 6.57. The van der Waals surface area contributed by atoms with Crippen LogP contribution >= 0.6 is 0 Å². The van der Waals surface area contributed by atoms with Gasteiger partial charge in [-0.1, -0.05) is 42.5 Å². The van der Waals surface area contributed by atoms with Crippen LogP contribution in [0.2, 0.25) is 0 Å². The number of rotatable bonds is 6. The van der Waals surface area contributed by atoms with E-state index < -0.39 is 27.3 Å². The zero-order valence-electron chi connectivity index (χ0n) is 17.2. The molecule has 1 aliphatic rings. The zero-order valence-corrected chi connectivity index (χ0v) is 18.0. The van der Waals surface area contributed by atoms with Crippen LogP contribution in [0.25, 0.3) is 10.8 Å². The summed E-state index contributed by atoms with van der Waals surface area (Å²) in [4.78, 5) is 26.7. The summed E-state index contributed by atoms with van der Waals surface area (Å²) in [6, 6.07) is 19.1. The molecule has 4 rings (SSSR count). The van der Waals surface area contributed by atoms with E-state index in [1.807, 2.05) is 42.5 Å². The van der Waals surface area contributed by atoms with E-state index in [1.165, 1.54) is 12.1 Å². The monoisotopic (exact) mass is 438 g/mol. The second-order valence-corrected chi connectivity index (χ2v) is 9.68. The number of amides is 3. The van der Waals surface area contributed by atoms with Gasteiger partial charge in [0, 0.05) is 6.26 Å². The maximum Gasteiger partial charge on any atom is 0.325 e. The molecule has 1 atom stereocenters. The number of fused-ring (bicyclic) bond motifs is 1. The van der Waals surface area contributed by atoms with Crippen molar-refractivity contribution < 1.29 is 22.7 Å². The highest BCUT2D eigenvalue weighted by Crippen LogP contribution is 2.29. The lowest BCUT2D eigenvalue weighted by atomic mass is 9.92. The van der Waals surface area contributed by atoms with Crippen molar-refractivity contribution in [3.63, 3.8) is 0 Å². The number of urea groups is 1. The molecule has 0 spiro atoms. The number of imide groups is 1. The van der Waals surface area contributed by atoms with Crippen LogP contribution in [0.3, 0.4) is 0 Å². The fourth-order valence-electron chi connectivity index (χ4n) is 3.64. The highest BCUT2D eigenvalue weighted by molar-refractivity contribution is 7.90. The summed E-state index contributed by atoms with van der Waals surface area (Å²) in [5.41, 5.74) is -0.757. The van der Waals surface area contributed by atoms with Gasteiger partial charge < -0.3 is 10.1 Å². The second-order valence-electron chi connectivity index (χ2n) is 7.67. The molecule has 160 valence electrons. The van der Waals surface area contributed by atoms with Crippen LogP contribution in [-0.4, -0.2) is 44.7 Å². The predicted molar refractivity (Wildman–Crippen MR) is 117 cm³/mol. The Bertz CT molecular complexity index is 1270. The first kappa shape index (κ1) is 20.9. The van der Waals surface area contributed by atoms with Crippen LogP contribution < -0.4 is 10.1 Å². The van der Waals surface area contributed by atoms with Gasteiger partial charge in [-0.3, -0.25) is 9.69 Å². The molecule has 1 saturated heterocycles. The Kier molecular flexibility index (Phi) is 5.18. The molecule has 0 radical (unpaired) electrons. The van der Waals surface area contributed by atoms with Gasteiger partial charge in [-0.25, -0.2) is 13.2 Å². The van der Waals surface area contributed by atoms with Gasteiger partial charge in [-0.2, -0.15) is 0 Å². The third-order valence-electron chi connectivity index (χ3n) is 5.44. The Morgan fingerprint density at radius 1 is 0.968 bits per heavy atom. The van der Waals surface area contributed by atoms with Crippen molar-refractivity contribution in [2.24, 2.45) is 0 Å². The molecule has 3 aromatic rings. The Balaban J connectivity index is 1.45. The largest absolute Gasteiger partial charge is 0.492 e. The van der Waals surface area contributed by atoms with Crippen molar-refractivity contribution in [2.75, 3.05) is 19.4 Å². The molecule has 0 aromatic heterocycles. The van der Waals surface area contributed by atoms with Gasteiger partial charge >= 0.3 is 6.03 Å². The van der Waals surface area contributed by atoms with E-state index in [9.17, 15) is 18.0 Å². The van der Waals surface area contributed by atoms with E-state index in [4.69, 9.17) is 4.74 Å². The number of nitrogens with one attached hydrogen (secondary N) is 1. The van der Waals surface area contributed by atoms with E-state index in [2.05, 4.69) is 5.32 Å². The van der Waals surface area contributed by atoms with Crippen LogP contribution in [0.4, 0.5) is 4.79 Å². The summed E-state index contributed by atoms with van der Waals surface area (Å²) >= 11 is 0. The van der Waals surface area contributed by atoms with Crippen LogP contribution in [0.15, 0.2) is 71.6 Å². The van der Waals surface area contributed by atoms with Gasteiger partial charge in [0.05, 0.1) is 11.4 Å². The lowest BCUT2D eigenvalue weighted by Gasteiger charge is -2.22. The Morgan fingerprint density at radius 2 is 1.65 bits per heavy atom. The van der Waals surface area contributed by atoms with Crippen molar-refractivity contribution >= 4 is 32.5 Å². The lowest BCUT2D eigenvalue weighted by molar-refractivity contribution is -0.131. The van der Waals surface area contributed by atoms with Gasteiger partial charge in [0.15, 0.2) is 9.84 Å². The van der Waals surface area contributed by atoms with Crippen LogP contribution in [-0.2, 0) is 20.2 Å². The number of carbonyl (C=O) groups is 2. The standard InChI is InChI=1S/C23H22N2O5S/c1-23(18-8-11-20(12-9-18)31(2,28)29)21(26)25(22(27)24-23)13-14-30-19-10-7-16-5-3-4-6-17(16)15-19/h3-12,15H,13-14H2,1-2H3,(H,24,27). The van der Waals surface area contributed by atoms with Crippen molar-refractivity contribution in [3.8, 4) is 5.75 Å². The topological polar surface area (TPSA) is 92.8 Å².